The molecule has 0 saturated heterocycles. The summed E-state index contributed by atoms with van der Waals surface area (Å²) in [4.78, 5) is 18.1. The molecule has 0 radical (unpaired) electrons. The van der Waals surface area contributed by atoms with E-state index in [1.54, 1.807) is 0 Å². The van der Waals surface area contributed by atoms with Crippen LogP contribution < -0.4 is 10.2 Å². The highest BCUT2D eigenvalue weighted by Gasteiger charge is 2.38. The van der Waals surface area contributed by atoms with E-state index < -0.39 is 5.54 Å². The number of carbonyl (C=O) groups excluding carboxylic acids is 1. The first-order valence-electron chi connectivity index (χ1n) is 4.96. The third kappa shape index (κ3) is 1.37. The van der Waals surface area contributed by atoms with Crippen LogP contribution in [0.3, 0.4) is 0 Å². The van der Waals surface area contributed by atoms with E-state index >= 15 is 0 Å². The fourth-order valence-corrected chi connectivity index (χ4v) is 1.59. The number of fused-ring (bicyclic) bond motifs is 1. The number of hydrogen-bond acceptors (Lipinski definition) is 3. The molecule has 15 heavy (non-hydrogen) atoms. The second kappa shape index (κ2) is 2.95. The molecular weight excluding hydrogens is 190 g/mol. The second-order valence-electron chi connectivity index (χ2n) is 4.40. The number of nitrogens with one attached hydrogen (secondary N) is 1. The van der Waals surface area contributed by atoms with Crippen molar-refractivity contribution in [3.05, 3.63) is 17.8 Å². The Morgan fingerprint density at radius 1 is 1.40 bits per heavy atom. The molecule has 0 aliphatic carbocycles. The Labute approximate surface area is 89.3 Å². The van der Waals surface area contributed by atoms with Crippen LogP contribution in [-0.4, -0.2) is 23.5 Å². The maximum Gasteiger partial charge on any atom is 0.249 e. The minimum atomic E-state index is -0.548. The molecule has 1 amide bonds. The lowest BCUT2D eigenvalue weighted by molar-refractivity contribution is -0.120. The third-order valence-electron chi connectivity index (χ3n) is 2.97. The number of nitrogens with zero attached hydrogens (tertiary/aromatic N) is 2. The predicted molar refractivity (Wildman–Crippen MR) is 60.1 cm³/mol. The average Bonchev–Trinajstić information content (AvgIpc) is 2.17. The zero-order chi connectivity index (χ0) is 11.2. The molecule has 0 fully saturated rings. The van der Waals surface area contributed by atoms with E-state index in [0.29, 0.717) is 0 Å². The number of aromatic nitrogens is 1. The quantitative estimate of drug-likeness (QED) is 0.699. The van der Waals surface area contributed by atoms with Gasteiger partial charge in [-0.05, 0) is 32.9 Å². The van der Waals surface area contributed by atoms with Crippen LogP contribution in [0.4, 0.5) is 11.5 Å². The Morgan fingerprint density at radius 2 is 2.07 bits per heavy atom. The van der Waals surface area contributed by atoms with Gasteiger partial charge in [-0.1, -0.05) is 0 Å². The summed E-state index contributed by atoms with van der Waals surface area (Å²) in [5.74, 6) is 0.836. The molecule has 0 bridgehead atoms. The Hall–Kier alpha value is -1.58. The summed E-state index contributed by atoms with van der Waals surface area (Å²) < 4.78 is 0. The molecule has 0 unspecified atom stereocenters. The molecule has 1 aromatic rings. The maximum atomic E-state index is 11.8. The maximum absolute atomic E-state index is 11.8. The van der Waals surface area contributed by atoms with Gasteiger partial charge in [-0.15, -0.1) is 0 Å². The van der Waals surface area contributed by atoms with Gasteiger partial charge in [-0.2, -0.15) is 0 Å². The van der Waals surface area contributed by atoms with E-state index in [1.807, 2.05) is 44.9 Å². The zero-order valence-corrected chi connectivity index (χ0v) is 9.46. The Bertz CT molecular complexity index is 426. The van der Waals surface area contributed by atoms with Gasteiger partial charge in [-0.25, -0.2) is 4.98 Å². The van der Waals surface area contributed by atoms with Gasteiger partial charge in [0.05, 0.1) is 5.69 Å². The van der Waals surface area contributed by atoms with Crippen molar-refractivity contribution in [2.75, 3.05) is 17.3 Å². The zero-order valence-electron chi connectivity index (χ0n) is 9.46. The Balaban J connectivity index is 2.57. The highest BCUT2D eigenvalue weighted by molar-refractivity contribution is 6.05. The van der Waals surface area contributed by atoms with Crippen molar-refractivity contribution >= 4 is 17.4 Å². The van der Waals surface area contributed by atoms with Crippen molar-refractivity contribution in [1.82, 2.24) is 4.98 Å². The SMILES string of the molecule is Cc1ccc2c(n1)N(C)C(C)(C)C(=O)N2. The number of carbonyl (C=O) groups is 1. The van der Waals surface area contributed by atoms with E-state index in [4.69, 9.17) is 0 Å². The van der Waals surface area contributed by atoms with Crippen LogP contribution in [0.5, 0.6) is 0 Å². The molecule has 0 atom stereocenters. The van der Waals surface area contributed by atoms with E-state index in [2.05, 4.69) is 10.3 Å². The van der Waals surface area contributed by atoms with Crippen molar-refractivity contribution in [2.24, 2.45) is 0 Å². The fraction of sp³-hybridized carbons (Fsp3) is 0.455. The molecular formula is C11H15N3O. The molecule has 1 aromatic heterocycles. The lowest BCUT2D eigenvalue weighted by atomic mass is 9.99. The van der Waals surface area contributed by atoms with Gasteiger partial charge in [0.1, 0.15) is 5.54 Å². The molecule has 4 heteroatoms. The predicted octanol–water partition coefficient (Wildman–Crippen LogP) is 1.56. The number of amides is 1. The Morgan fingerprint density at radius 3 is 2.73 bits per heavy atom. The molecule has 80 valence electrons. The average molecular weight is 205 g/mol. The molecule has 2 rings (SSSR count). The number of likely N-dealkylation sites (N-methyl/N-ethyl adjacent to an activating group) is 1. The van der Waals surface area contributed by atoms with Crippen LogP contribution in [0.1, 0.15) is 19.5 Å². The second-order valence-corrected chi connectivity index (χ2v) is 4.40. The Kier molecular flexibility index (Phi) is 1.96. The van der Waals surface area contributed by atoms with Gasteiger partial charge in [0.25, 0.3) is 0 Å². The van der Waals surface area contributed by atoms with Gasteiger partial charge >= 0.3 is 0 Å². The topological polar surface area (TPSA) is 45.2 Å². The highest BCUT2D eigenvalue weighted by atomic mass is 16.2. The third-order valence-corrected chi connectivity index (χ3v) is 2.97. The minimum Gasteiger partial charge on any atom is -0.344 e. The normalized spacial score (nSPS) is 18.4. The van der Waals surface area contributed by atoms with Crippen LogP contribution in [0.25, 0.3) is 0 Å². The van der Waals surface area contributed by atoms with E-state index in [0.717, 1.165) is 17.2 Å². The van der Waals surface area contributed by atoms with Crippen LogP contribution in [0.15, 0.2) is 12.1 Å². The smallest absolute Gasteiger partial charge is 0.249 e. The molecule has 1 aliphatic rings. The highest BCUT2D eigenvalue weighted by Crippen LogP contribution is 2.33. The summed E-state index contributed by atoms with van der Waals surface area (Å²) in [7, 11) is 1.89. The summed E-state index contributed by atoms with van der Waals surface area (Å²) in [5, 5.41) is 2.86. The first-order chi connectivity index (χ1) is 6.93. The van der Waals surface area contributed by atoms with Gasteiger partial charge in [-0.3, -0.25) is 4.79 Å². The lowest BCUT2D eigenvalue weighted by Gasteiger charge is -2.40. The van der Waals surface area contributed by atoms with Crippen molar-refractivity contribution < 1.29 is 4.79 Å². The van der Waals surface area contributed by atoms with Crippen molar-refractivity contribution in [3.63, 3.8) is 0 Å². The van der Waals surface area contributed by atoms with Gasteiger partial charge in [0.2, 0.25) is 5.91 Å². The molecule has 2 heterocycles. The van der Waals surface area contributed by atoms with Crippen molar-refractivity contribution in [3.8, 4) is 0 Å². The van der Waals surface area contributed by atoms with Crippen LogP contribution in [0.2, 0.25) is 0 Å². The monoisotopic (exact) mass is 205 g/mol. The first-order valence-corrected chi connectivity index (χ1v) is 4.96. The van der Waals surface area contributed by atoms with Gasteiger partial charge in [0, 0.05) is 12.7 Å². The van der Waals surface area contributed by atoms with Crippen molar-refractivity contribution in [1.29, 1.82) is 0 Å². The summed E-state index contributed by atoms with van der Waals surface area (Å²) in [6.45, 7) is 5.71. The molecule has 0 aromatic carbocycles. The standard InChI is InChI=1S/C11H15N3O/c1-7-5-6-8-9(12-7)14(4)11(2,3)10(15)13-8/h5-6H,1-4H3,(H,13,15). The van der Waals surface area contributed by atoms with Gasteiger partial charge < -0.3 is 10.2 Å². The minimum absolute atomic E-state index is 0.00292. The summed E-state index contributed by atoms with van der Waals surface area (Å²) in [6.07, 6.45) is 0. The summed E-state index contributed by atoms with van der Waals surface area (Å²) >= 11 is 0. The first kappa shape index (κ1) is 9.96. The van der Waals surface area contributed by atoms with E-state index in [1.165, 1.54) is 0 Å². The van der Waals surface area contributed by atoms with E-state index in [-0.39, 0.29) is 5.91 Å². The van der Waals surface area contributed by atoms with Crippen molar-refractivity contribution in [2.45, 2.75) is 26.3 Å². The number of anilines is 2. The van der Waals surface area contributed by atoms with Crippen LogP contribution >= 0.6 is 0 Å². The number of hydrogen-bond donors (Lipinski definition) is 1. The number of pyridine rings is 1. The molecule has 1 N–H and O–H groups in total. The largest absolute Gasteiger partial charge is 0.344 e. The summed E-state index contributed by atoms with van der Waals surface area (Å²) in [6, 6.07) is 3.78. The molecule has 4 nitrogen and oxygen atoms in total. The lowest BCUT2D eigenvalue weighted by Crippen LogP contribution is -2.54. The molecule has 0 saturated carbocycles. The number of aryl methyl sites for hydroxylation is 1. The number of rotatable bonds is 0. The molecule has 1 aliphatic heterocycles. The van der Waals surface area contributed by atoms with Crippen LogP contribution in [-0.2, 0) is 4.79 Å². The molecule has 0 spiro atoms. The van der Waals surface area contributed by atoms with Gasteiger partial charge in [0.15, 0.2) is 5.82 Å². The fourth-order valence-electron chi connectivity index (χ4n) is 1.59. The summed E-state index contributed by atoms with van der Waals surface area (Å²) in [5.41, 5.74) is 1.19. The van der Waals surface area contributed by atoms with E-state index in [9.17, 15) is 4.79 Å². The van der Waals surface area contributed by atoms with Crippen LogP contribution in [0, 0.1) is 6.92 Å².